The highest BCUT2D eigenvalue weighted by Crippen LogP contribution is 2.27. The molecule has 0 heterocycles. The van der Waals surface area contributed by atoms with Gasteiger partial charge >= 0.3 is 0 Å². The largest absolute Gasteiger partial charge is 0.309 e. The first-order valence-electron chi connectivity index (χ1n) is 6.08. The summed E-state index contributed by atoms with van der Waals surface area (Å²) in [5, 5.41) is 15.4. The van der Waals surface area contributed by atoms with Crippen LogP contribution in [0.25, 0.3) is 16.5 Å². The summed E-state index contributed by atoms with van der Waals surface area (Å²) in [4.78, 5) is 0. The first-order chi connectivity index (χ1) is 9.06. The summed E-state index contributed by atoms with van der Waals surface area (Å²) in [6.07, 6.45) is 0. The van der Waals surface area contributed by atoms with Gasteiger partial charge in [0.2, 0.25) is 0 Å². The van der Waals surface area contributed by atoms with Gasteiger partial charge in [0.1, 0.15) is 6.07 Å². The van der Waals surface area contributed by atoms with E-state index in [1.807, 2.05) is 67.6 Å². The van der Waals surface area contributed by atoms with Crippen LogP contribution < -0.4 is 0 Å². The Hall–Kier alpha value is -2.31. The van der Waals surface area contributed by atoms with Crippen molar-refractivity contribution >= 4 is 16.5 Å². The van der Waals surface area contributed by atoms with Gasteiger partial charge in [-0.2, -0.15) is 5.26 Å². The van der Waals surface area contributed by atoms with Gasteiger partial charge in [0.25, 0.3) is 0 Å². The zero-order chi connectivity index (χ0) is 14.0. The van der Waals surface area contributed by atoms with Crippen LogP contribution in [0.3, 0.4) is 0 Å². The molecule has 0 saturated heterocycles. The van der Waals surface area contributed by atoms with Crippen LogP contribution in [-0.2, 0) is 0 Å². The van der Waals surface area contributed by atoms with Gasteiger partial charge in [0.05, 0.1) is 11.3 Å². The third-order valence-corrected chi connectivity index (χ3v) is 3.34. The number of benzene rings is 2. The van der Waals surface area contributed by atoms with Gasteiger partial charge in [0.15, 0.2) is 0 Å². The van der Waals surface area contributed by atoms with Crippen molar-refractivity contribution in [3.8, 4) is 6.07 Å². The average molecular weight is 251 g/mol. The van der Waals surface area contributed by atoms with Gasteiger partial charge in [-0.15, -0.1) is 0 Å². The third kappa shape index (κ3) is 2.31. The van der Waals surface area contributed by atoms with E-state index in [0.717, 1.165) is 22.0 Å². The van der Waals surface area contributed by atoms with Crippen LogP contribution in [0, 0.1) is 11.3 Å². The molecule has 0 amide bonds. The van der Waals surface area contributed by atoms with Crippen molar-refractivity contribution in [2.24, 2.45) is 0 Å². The number of hydrogen-bond acceptors (Lipinski definition) is 3. The fourth-order valence-electron chi connectivity index (χ4n) is 2.05. The number of rotatable bonds is 3. The van der Waals surface area contributed by atoms with Crippen molar-refractivity contribution in [1.82, 2.24) is 10.0 Å². The molecular weight excluding hydrogens is 234 g/mol. The van der Waals surface area contributed by atoms with Crippen LogP contribution in [0.2, 0.25) is 0 Å². The second-order valence-corrected chi connectivity index (χ2v) is 4.64. The highest BCUT2D eigenvalue weighted by Gasteiger charge is 2.13. The smallest absolute Gasteiger partial charge is 0.100 e. The van der Waals surface area contributed by atoms with Gasteiger partial charge < -0.3 is 5.01 Å². The van der Waals surface area contributed by atoms with Gasteiger partial charge in [-0.05, 0) is 5.39 Å². The molecule has 0 radical (unpaired) electrons. The molecule has 0 aliphatic rings. The van der Waals surface area contributed by atoms with Crippen LogP contribution in [0.4, 0.5) is 0 Å². The van der Waals surface area contributed by atoms with E-state index in [0.29, 0.717) is 5.56 Å². The molecule has 0 fully saturated rings. The van der Waals surface area contributed by atoms with E-state index in [-0.39, 0.29) is 0 Å². The number of nitriles is 1. The number of hydrazine groups is 1. The Balaban J connectivity index is 2.62. The maximum atomic E-state index is 9.46. The molecule has 0 aromatic heterocycles. The van der Waals surface area contributed by atoms with Gasteiger partial charge in [-0.1, -0.05) is 43.0 Å². The number of hydrogen-bond donors (Lipinski definition) is 0. The Bertz CT molecular complexity index is 665. The molecule has 0 N–H and O–H groups in total. The molecule has 0 atom stereocenters. The van der Waals surface area contributed by atoms with E-state index in [4.69, 9.17) is 0 Å². The van der Waals surface area contributed by atoms with E-state index in [2.05, 4.69) is 12.6 Å². The Kier molecular flexibility index (Phi) is 3.55. The predicted octanol–water partition coefficient (Wildman–Crippen LogP) is 3.09. The fraction of sp³-hybridized carbons (Fsp3) is 0.188. The SMILES string of the molecule is C=C(c1ccc2ccccc2c1C#N)N(C)N(C)C. The van der Waals surface area contributed by atoms with E-state index >= 15 is 0 Å². The molecular formula is C16H17N3. The molecule has 0 bridgehead atoms. The van der Waals surface area contributed by atoms with Gasteiger partial charge in [-0.3, -0.25) is 0 Å². The molecule has 3 nitrogen and oxygen atoms in total. The van der Waals surface area contributed by atoms with E-state index < -0.39 is 0 Å². The molecule has 2 aromatic carbocycles. The van der Waals surface area contributed by atoms with E-state index in [9.17, 15) is 5.26 Å². The van der Waals surface area contributed by atoms with E-state index in [1.165, 1.54) is 0 Å². The van der Waals surface area contributed by atoms with E-state index in [1.54, 1.807) is 0 Å². The second-order valence-electron chi connectivity index (χ2n) is 4.64. The highest BCUT2D eigenvalue weighted by molar-refractivity contribution is 5.92. The maximum absolute atomic E-state index is 9.46. The summed E-state index contributed by atoms with van der Waals surface area (Å²) in [6, 6.07) is 14.2. The normalized spacial score (nSPS) is 10.5. The van der Waals surface area contributed by atoms with Crippen molar-refractivity contribution < 1.29 is 0 Å². The monoisotopic (exact) mass is 251 g/mol. The maximum Gasteiger partial charge on any atom is 0.100 e. The van der Waals surface area contributed by atoms with Crippen molar-refractivity contribution in [3.05, 3.63) is 54.1 Å². The Labute approximate surface area is 113 Å². The summed E-state index contributed by atoms with van der Waals surface area (Å²) < 4.78 is 0. The number of nitrogens with zero attached hydrogens (tertiary/aromatic N) is 3. The molecule has 0 aliphatic carbocycles. The minimum atomic E-state index is 0.678. The summed E-state index contributed by atoms with van der Waals surface area (Å²) in [7, 11) is 5.81. The highest BCUT2D eigenvalue weighted by atomic mass is 15.6. The molecule has 2 aromatic rings. The molecule has 0 aliphatic heterocycles. The molecule has 0 saturated carbocycles. The molecule has 0 spiro atoms. The first-order valence-corrected chi connectivity index (χ1v) is 6.08. The van der Waals surface area contributed by atoms with Crippen LogP contribution in [-0.4, -0.2) is 31.2 Å². The Morgan fingerprint density at radius 1 is 1.11 bits per heavy atom. The number of fused-ring (bicyclic) bond motifs is 1. The lowest BCUT2D eigenvalue weighted by Crippen LogP contribution is -2.31. The molecule has 3 heteroatoms. The van der Waals surface area contributed by atoms with Crippen molar-refractivity contribution in [3.63, 3.8) is 0 Å². The molecule has 19 heavy (non-hydrogen) atoms. The summed E-state index contributed by atoms with van der Waals surface area (Å²) >= 11 is 0. The van der Waals surface area contributed by atoms with Crippen molar-refractivity contribution in [2.45, 2.75) is 0 Å². The third-order valence-electron chi connectivity index (χ3n) is 3.34. The summed E-state index contributed by atoms with van der Waals surface area (Å²) in [6.45, 7) is 4.09. The quantitative estimate of drug-likeness (QED) is 0.785. The summed E-state index contributed by atoms with van der Waals surface area (Å²) in [5.74, 6) is 0. The standard InChI is InChI=1S/C16H17N3/c1-12(19(4)18(2)3)14-10-9-13-7-5-6-8-15(13)16(14)11-17/h5-10H,1H2,2-4H3. The Morgan fingerprint density at radius 2 is 1.79 bits per heavy atom. The summed E-state index contributed by atoms with van der Waals surface area (Å²) in [5.41, 5.74) is 2.36. The van der Waals surface area contributed by atoms with Crippen LogP contribution in [0.5, 0.6) is 0 Å². The zero-order valence-electron chi connectivity index (χ0n) is 11.5. The fourth-order valence-corrected chi connectivity index (χ4v) is 2.05. The van der Waals surface area contributed by atoms with Gasteiger partial charge in [0, 0.05) is 32.1 Å². The predicted molar refractivity (Wildman–Crippen MR) is 79.1 cm³/mol. The van der Waals surface area contributed by atoms with Crippen LogP contribution in [0.15, 0.2) is 43.0 Å². The molecule has 96 valence electrons. The lowest BCUT2D eigenvalue weighted by Gasteiger charge is -2.29. The molecule has 0 unspecified atom stereocenters. The van der Waals surface area contributed by atoms with Gasteiger partial charge in [-0.25, -0.2) is 5.01 Å². The average Bonchev–Trinajstić information content (AvgIpc) is 2.44. The van der Waals surface area contributed by atoms with Crippen molar-refractivity contribution in [2.75, 3.05) is 21.1 Å². The lowest BCUT2D eigenvalue weighted by molar-refractivity contribution is 0.131. The Morgan fingerprint density at radius 3 is 2.42 bits per heavy atom. The van der Waals surface area contributed by atoms with Crippen LogP contribution >= 0.6 is 0 Å². The second kappa shape index (κ2) is 5.13. The lowest BCUT2D eigenvalue weighted by atomic mass is 9.98. The minimum absolute atomic E-state index is 0.678. The van der Waals surface area contributed by atoms with Crippen LogP contribution in [0.1, 0.15) is 11.1 Å². The molecule has 2 rings (SSSR count). The zero-order valence-corrected chi connectivity index (χ0v) is 11.5. The van der Waals surface area contributed by atoms with Crippen molar-refractivity contribution in [1.29, 1.82) is 5.26 Å². The minimum Gasteiger partial charge on any atom is -0.309 e. The topological polar surface area (TPSA) is 30.3 Å². The first kappa shape index (κ1) is 13.1.